The summed E-state index contributed by atoms with van der Waals surface area (Å²) in [6, 6.07) is 6.63. The maximum absolute atomic E-state index is 5.52. The fourth-order valence-electron chi connectivity index (χ4n) is 3.39. The van der Waals surface area contributed by atoms with Crippen molar-refractivity contribution in [2.45, 2.75) is 57.2 Å². The quantitative estimate of drug-likeness (QED) is 0.879. The molecule has 2 aromatic rings. The molecular formula is C18H25N5O. The first kappa shape index (κ1) is 15.7. The molecule has 0 amide bonds. The summed E-state index contributed by atoms with van der Waals surface area (Å²) in [5.41, 5.74) is 1.09. The van der Waals surface area contributed by atoms with Gasteiger partial charge in [0.05, 0.1) is 12.2 Å². The van der Waals surface area contributed by atoms with Crippen LogP contribution in [0.3, 0.4) is 0 Å². The molecule has 24 heavy (non-hydrogen) atoms. The minimum Gasteiger partial charge on any atom is -0.338 e. The number of pyridine rings is 1. The van der Waals surface area contributed by atoms with Crippen LogP contribution in [0.5, 0.6) is 0 Å². The highest BCUT2D eigenvalue weighted by molar-refractivity contribution is 5.05. The topological polar surface area (TPSA) is 67.1 Å². The van der Waals surface area contributed by atoms with E-state index in [0.717, 1.165) is 43.5 Å². The van der Waals surface area contributed by atoms with Crippen LogP contribution < -0.4 is 5.32 Å². The van der Waals surface area contributed by atoms with Crippen LogP contribution in [-0.2, 0) is 13.1 Å². The van der Waals surface area contributed by atoms with Gasteiger partial charge in [-0.2, -0.15) is 4.98 Å². The molecule has 0 spiro atoms. The molecule has 0 bridgehead atoms. The van der Waals surface area contributed by atoms with Gasteiger partial charge in [-0.05, 0) is 57.3 Å². The average Bonchev–Trinajstić information content (AvgIpc) is 3.40. The van der Waals surface area contributed by atoms with Gasteiger partial charge in [-0.15, -0.1) is 0 Å². The predicted molar refractivity (Wildman–Crippen MR) is 90.3 cm³/mol. The Hall–Kier alpha value is -1.79. The van der Waals surface area contributed by atoms with Crippen molar-refractivity contribution in [2.24, 2.45) is 0 Å². The molecule has 2 fully saturated rings. The van der Waals surface area contributed by atoms with Crippen molar-refractivity contribution in [1.82, 2.24) is 25.3 Å². The second-order valence-electron chi connectivity index (χ2n) is 6.88. The van der Waals surface area contributed by atoms with Gasteiger partial charge in [0.2, 0.25) is 5.89 Å². The Balaban J connectivity index is 1.49. The zero-order chi connectivity index (χ0) is 16.2. The van der Waals surface area contributed by atoms with Gasteiger partial charge in [-0.3, -0.25) is 9.88 Å². The van der Waals surface area contributed by atoms with Crippen molar-refractivity contribution in [2.75, 3.05) is 13.1 Å². The lowest BCUT2D eigenvalue weighted by Gasteiger charge is -2.29. The van der Waals surface area contributed by atoms with E-state index in [1.54, 1.807) is 0 Å². The van der Waals surface area contributed by atoms with Gasteiger partial charge in [0.1, 0.15) is 0 Å². The molecule has 0 radical (unpaired) electrons. The maximum atomic E-state index is 5.52. The van der Waals surface area contributed by atoms with Crippen LogP contribution in [0.25, 0.3) is 0 Å². The van der Waals surface area contributed by atoms with Crippen LogP contribution in [0.4, 0.5) is 0 Å². The third kappa shape index (κ3) is 3.99. The van der Waals surface area contributed by atoms with Gasteiger partial charge in [0.15, 0.2) is 5.82 Å². The lowest BCUT2D eigenvalue weighted by atomic mass is 10.1. The first-order chi connectivity index (χ1) is 11.9. The summed E-state index contributed by atoms with van der Waals surface area (Å²) in [5, 5.41) is 7.65. The minimum absolute atomic E-state index is 0.526. The molecule has 1 saturated heterocycles. The molecule has 128 valence electrons. The average molecular weight is 327 g/mol. The fourth-order valence-corrected chi connectivity index (χ4v) is 3.39. The highest BCUT2D eigenvalue weighted by Crippen LogP contribution is 2.38. The van der Waals surface area contributed by atoms with E-state index < -0.39 is 0 Å². The molecule has 1 aliphatic carbocycles. The normalized spacial score (nSPS) is 21.8. The fraction of sp³-hybridized carbons (Fsp3) is 0.611. The Morgan fingerprint density at radius 3 is 2.92 bits per heavy atom. The van der Waals surface area contributed by atoms with Gasteiger partial charge < -0.3 is 9.84 Å². The number of hydrogen-bond acceptors (Lipinski definition) is 6. The number of hydrogen-bond donors (Lipinski definition) is 1. The molecule has 1 saturated carbocycles. The molecule has 1 aliphatic heterocycles. The Bertz CT molecular complexity index is 632. The van der Waals surface area contributed by atoms with Crippen LogP contribution in [0, 0.1) is 0 Å². The van der Waals surface area contributed by atoms with Crippen molar-refractivity contribution in [1.29, 1.82) is 0 Å². The number of aromatic nitrogens is 3. The number of rotatable bonds is 6. The van der Waals surface area contributed by atoms with Gasteiger partial charge in [0, 0.05) is 24.7 Å². The molecule has 2 aliphatic rings. The largest absolute Gasteiger partial charge is 0.338 e. The summed E-state index contributed by atoms with van der Waals surface area (Å²) in [4.78, 5) is 11.6. The monoisotopic (exact) mass is 327 g/mol. The van der Waals surface area contributed by atoms with Crippen molar-refractivity contribution in [3.8, 4) is 0 Å². The lowest BCUT2D eigenvalue weighted by Crippen LogP contribution is -2.35. The second-order valence-corrected chi connectivity index (χ2v) is 6.88. The standard InChI is InChI=1S/C18H25N5O/c1-2-10-20-15(4-1)12-23(16-5-3-9-19-11-8-16)13-17-21-18(22-24-17)14-6-7-14/h1-2,4,10,14,16,19H,3,5-9,11-13H2/t16-/m0/s1. The van der Waals surface area contributed by atoms with Crippen LogP contribution in [0.2, 0.25) is 0 Å². The van der Waals surface area contributed by atoms with Crippen LogP contribution in [0.15, 0.2) is 28.9 Å². The van der Waals surface area contributed by atoms with Crippen LogP contribution in [-0.4, -0.2) is 39.2 Å². The molecule has 1 N–H and O–H groups in total. The van der Waals surface area contributed by atoms with Gasteiger partial charge in [-0.25, -0.2) is 0 Å². The zero-order valence-corrected chi connectivity index (χ0v) is 14.0. The molecule has 0 aromatic carbocycles. The van der Waals surface area contributed by atoms with E-state index in [0.29, 0.717) is 18.5 Å². The number of nitrogens with one attached hydrogen (secondary N) is 1. The van der Waals surface area contributed by atoms with E-state index in [-0.39, 0.29) is 0 Å². The highest BCUT2D eigenvalue weighted by atomic mass is 16.5. The van der Waals surface area contributed by atoms with E-state index in [1.807, 2.05) is 18.3 Å². The summed E-state index contributed by atoms with van der Waals surface area (Å²) in [6.07, 6.45) is 7.82. The third-order valence-corrected chi connectivity index (χ3v) is 4.92. The molecule has 4 rings (SSSR count). The summed E-state index contributed by atoms with van der Waals surface area (Å²) in [6.45, 7) is 3.72. The first-order valence-corrected chi connectivity index (χ1v) is 9.05. The van der Waals surface area contributed by atoms with E-state index in [9.17, 15) is 0 Å². The predicted octanol–water partition coefficient (Wildman–Crippen LogP) is 2.49. The van der Waals surface area contributed by atoms with Crippen molar-refractivity contribution >= 4 is 0 Å². The maximum Gasteiger partial charge on any atom is 0.240 e. The SMILES string of the molecule is c1ccc(CN(Cc2nc(C3CC3)no2)[C@H]2CCCNCC2)nc1. The number of nitrogens with zero attached hydrogens (tertiary/aromatic N) is 4. The zero-order valence-electron chi connectivity index (χ0n) is 14.0. The van der Waals surface area contributed by atoms with Gasteiger partial charge in [0.25, 0.3) is 0 Å². The first-order valence-electron chi connectivity index (χ1n) is 9.05. The van der Waals surface area contributed by atoms with Gasteiger partial charge in [-0.1, -0.05) is 11.2 Å². The summed E-state index contributed by atoms with van der Waals surface area (Å²) < 4.78 is 5.52. The molecule has 6 nitrogen and oxygen atoms in total. The summed E-state index contributed by atoms with van der Waals surface area (Å²) in [7, 11) is 0. The van der Waals surface area contributed by atoms with E-state index in [4.69, 9.17) is 4.52 Å². The molecule has 6 heteroatoms. The molecule has 3 heterocycles. The smallest absolute Gasteiger partial charge is 0.240 e. The Kier molecular flexibility index (Phi) is 4.85. The van der Waals surface area contributed by atoms with E-state index in [1.165, 1.54) is 25.7 Å². The summed E-state index contributed by atoms with van der Waals surface area (Å²) in [5.74, 6) is 2.17. The molecular weight excluding hydrogens is 302 g/mol. The van der Waals surface area contributed by atoms with E-state index >= 15 is 0 Å². The van der Waals surface area contributed by atoms with Crippen LogP contribution >= 0.6 is 0 Å². The van der Waals surface area contributed by atoms with E-state index in [2.05, 4.69) is 31.4 Å². The third-order valence-electron chi connectivity index (χ3n) is 4.92. The lowest BCUT2D eigenvalue weighted by molar-refractivity contribution is 0.142. The highest BCUT2D eigenvalue weighted by Gasteiger charge is 2.29. The van der Waals surface area contributed by atoms with Gasteiger partial charge >= 0.3 is 0 Å². The van der Waals surface area contributed by atoms with Crippen molar-refractivity contribution in [3.05, 3.63) is 41.8 Å². The molecule has 2 aromatic heterocycles. The minimum atomic E-state index is 0.526. The summed E-state index contributed by atoms with van der Waals surface area (Å²) >= 11 is 0. The molecule has 0 unspecified atom stereocenters. The molecule has 1 atom stereocenters. The van der Waals surface area contributed by atoms with Crippen molar-refractivity contribution in [3.63, 3.8) is 0 Å². The second kappa shape index (κ2) is 7.40. The Morgan fingerprint density at radius 1 is 1.12 bits per heavy atom. The Labute approximate surface area is 142 Å². The van der Waals surface area contributed by atoms with Crippen molar-refractivity contribution < 1.29 is 4.52 Å². The van der Waals surface area contributed by atoms with Crippen LogP contribution in [0.1, 0.15) is 55.4 Å². The Morgan fingerprint density at radius 2 is 2.08 bits per heavy atom.